The predicted octanol–water partition coefficient (Wildman–Crippen LogP) is 5.53. The van der Waals surface area contributed by atoms with Gasteiger partial charge < -0.3 is 26.0 Å². The van der Waals surface area contributed by atoms with Crippen molar-refractivity contribution in [3.8, 4) is 10.6 Å². The van der Waals surface area contributed by atoms with E-state index in [1.807, 2.05) is 82.5 Å². The zero-order chi connectivity index (χ0) is 38.5. The minimum atomic E-state index is -4.12. The quantitative estimate of drug-likeness (QED) is 0.133. The number of rotatable bonds is 15. The van der Waals surface area contributed by atoms with Crippen LogP contribution in [0, 0.1) is 11.3 Å². The van der Waals surface area contributed by atoms with Crippen molar-refractivity contribution in [2.24, 2.45) is 11.3 Å². The first-order valence-corrected chi connectivity index (χ1v) is 20.2. The van der Waals surface area contributed by atoms with Crippen molar-refractivity contribution in [2.75, 3.05) is 31.9 Å². The lowest BCUT2D eigenvalue weighted by molar-refractivity contribution is -0.130. The van der Waals surface area contributed by atoms with Crippen molar-refractivity contribution in [1.82, 2.24) is 29.4 Å². The van der Waals surface area contributed by atoms with E-state index in [-0.39, 0.29) is 47.1 Å². The maximum Gasteiger partial charge on any atom is 0.321 e. The van der Waals surface area contributed by atoms with Crippen LogP contribution in [0.2, 0.25) is 5.02 Å². The summed E-state index contributed by atoms with van der Waals surface area (Å²) in [5, 5.41) is 17.8. The number of aromatic nitrogens is 2. The number of amides is 3. The van der Waals surface area contributed by atoms with Gasteiger partial charge in [0.05, 0.1) is 40.0 Å². The number of aliphatic hydroxyl groups excluding tert-OH is 1. The van der Waals surface area contributed by atoms with Crippen molar-refractivity contribution in [3.05, 3.63) is 94.7 Å². The smallest absolute Gasteiger partial charge is 0.321 e. The SMILES string of the molecule is CC(C)CN(C[C@@H](O)[C@H](Cc1ccccc1)NC(=O)C(N1CCN(Cc2csc(-c3cccnc3)n2)C1=O)C(C)(C)C)S(=O)(=O)c1ccc(Cl)c(N)c1. The largest absolute Gasteiger partial charge is 0.397 e. The molecule has 53 heavy (non-hydrogen) atoms. The van der Waals surface area contributed by atoms with E-state index in [0.29, 0.717) is 19.6 Å². The van der Waals surface area contributed by atoms with Crippen LogP contribution in [0.25, 0.3) is 10.6 Å². The summed E-state index contributed by atoms with van der Waals surface area (Å²) < 4.78 is 29.1. The highest BCUT2D eigenvalue weighted by Gasteiger charge is 2.44. The zero-order valence-corrected chi connectivity index (χ0v) is 33.0. The molecule has 2 aromatic heterocycles. The van der Waals surface area contributed by atoms with Gasteiger partial charge in [0.2, 0.25) is 15.9 Å². The average Bonchev–Trinajstić information content (AvgIpc) is 3.72. The molecule has 0 aliphatic carbocycles. The summed E-state index contributed by atoms with van der Waals surface area (Å²) in [7, 11) is -4.12. The molecule has 1 aliphatic rings. The molecule has 1 aliphatic heterocycles. The number of carbonyl (C=O) groups excluding carboxylic acids is 2. The maximum atomic E-state index is 14.4. The maximum absolute atomic E-state index is 14.4. The van der Waals surface area contributed by atoms with Crippen LogP contribution in [-0.2, 0) is 27.8 Å². The number of nitrogens with one attached hydrogen (secondary N) is 1. The lowest BCUT2D eigenvalue weighted by Gasteiger charge is -2.38. The Labute approximate surface area is 321 Å². The van der Waals surface area contributed by atoms with Gasteiger partial charge in [-0.1, -0.05) is 76.6 Å². The summed E-state index contributed by atoms with van der Waals surface area (Å²) in [6.45, 7) is 10.3. The Kier molecular flexibility index (Phi) is 12.8. The minimum Gasteiger partial charge on any atom is -0.397 e. The molecule has 2 aromatic carbocycles. The van der Waals surface area contributed by atoms with Crippen molar-refractivity contribution in [3.63, 3.8) is 0 Å². The first-order valence-electron chi connectivity index (χ1n) is 17.5. The topological polar surface area (TPSA) is 162 Å². The van der Waals surface area contributed by atoms with E-state index in [4.69, 9.17) is 22.3 Å². The number of halogens is 1. The van der Waals surface area contributed by atoms with Gasteiger partial charge in [0.1, 0.15) is 11.0 Å². The lowest BCUT2D eigenvalue weighted by atomic mass is 9.84. The minimum absolute atomic E-state index is 0.0493. The fraction of sp³-hybridized carbons (Fsp3) is 0.421. The van der Waals surface area contributed by atoms with Crippen LogP contribution in [0.4, 0.5) is 10.5 Å². The van der Waals surface area contributed by atoms with Crippen molar-refractivity contribution < 1.29 is 23.1 Å². The third-order valence-electron chi connectivity index (χ3n) is 8.98. The van der Waals surface area contributed by atoms with Crippen LogP contribution in [0.5, 0.6) is 0 Å². The number of benzene rings is 2. The molecule has 0 radical (unpaired) electrons. The van der Waals surface area contributed by atoms with Crippen LogP contribution in [0.3, 0.4) is 0 Å². The van der Waals surface area contributed by atoms with Crippen molar-refractivity contribution in [2.45, 2.75) is 70.7 Å². The Bertz CT molecular complexity index is 1970. The number of thiazole rings is 1. The van der Waals surface area contributed by atoms with Gasteiger partial charge in [0.25, 0.3) is 0 Å². The van der Waals surface area contributed by atoms with Crippen LogP contribution >= 0.6 is 22.9 Å². The van der Waals surface area contributed by atoms with Crippen LogP contribution in [0.15, 0.2) is 83.3 Å². The monoisotopic (exact) mass is 781 g/mol. The molecule has 0 bridgehead atoms. The van der Waals surface area contributed by atoms with E-state index >= 15 is 0 Å². The normalized spacial score (nSPS) is 15.6. The second-order valence-corrected chi connectivity index (χ2v) is 18.0. The Hall–Kier alpha value is -4.08. The number of nitrogens with two attached hydrogens (primary N) is 1. The van der Waals surface area contributed by atoms with Gasteiger partial charge in [-0.25, -0.2) is 18.2 Å². The number of hydrogen-bond donors (Lipinski definition) is 3. The number of sulfonamides is 1. The summed E-state index contributed by atoms with van der Waals surface area (Å²) in [4.78, 5) is 40.4. The molecule has 3 heterocycles. The van der Waals surface area contributed by atoms with E-state index in [1.54, 1.807) is 22.2 Å². The fourth-order valence-corrected chi connectivity index (χ4v) is 9.02. The highest BCUT2D eigenvalue weighted by Crippen LogP contribution is 2.31. The Morgan fingerprint density at radius 2 is 1.83 bits per heavy atom. The van der Waals surface area contributed by atoms with Gasteiger partial charge in [0.15, 0.2) is 0 Å². The van der Waals surface area contributed by atoms with Gasteiger partial charge in [-0.2, -0.15) is 4.31 Å². The number of hydrogen-bond acceptors (Lipinski definition) is 9. The van der Waals surface area contributed by atoms with E-state index in [9.17, 15) is 23.1 Å². The summed E-state index contributed by atoms with van der Waals surface area (Å²) >= 11 is 7.56. The molecule has 0 spiro atoms. The predicted molar refractivity (Wildman–Crippen MR) is 209 cm³/mol. The molecular weight excluding hydrogens is 734 g/mol. The molecule has 15 heteroatoms. The number of nitrogens with zero attached hydrogens (tertiary/aromatic N) is 5. The first-order chi connectivity index (χ1) is 25.0. The molecule has 3 atom stereocenters. The highest BCUT2D eigenvalue weighted by atomic mass is 35.5. The number of carbonyl (C=O) groups is 2. The van der Waals surface area contributed by atoms with Gasteiger partial charge in [0, 0.05) is 49.5 Å². The highest BCUT2D eigenvalue weighted by molar-refractivity contribution is 7.89. The molecule has 1 fully saturated rings. The molecule has 4 aromatic rings. The molecule has 3 amide bonds. The summed E-state index contributed by atoms with van der Waals surface area (Å²) in [5.74, 6) is -0.520. The van der Waals surface area contributed by atoms with Gasteiger partial charge in [-0.15, -0.1) is 11.3 Å². The number of pyridine rings is 1. The third kappa shape index (κ3) is 9.92. The summed E-state index contributed by atoms with van der Waals surface area (Å²) in [6.07, 6.45) is 2.35. The zero-order valence-electron chi connectivity index (χ0n) is 30.6. The second-order valence-electron chi connectivity index (χ2n) is 14.8. The van der Waals surface area contributed by atoms with Gasteiger partial charge in [-0.3, -0.25) is 9.78 Å². The van der Waals surface area contributed by atoms with E-state index < -0.39 is 39.5 Å². The number of anilines is 1. The van der Waals surface area contributed by atoms with E-state index in [1.165, 1.54) is 33.8 Å². The van der Waals surface area contributed by atoms with Crippen molar-refractivity contribution in [1.29, 1.82) is 0 Å². The molecule has 4 N–H and O–H groups in total. The molecule has 0 saturated carbocycles. The molecule has 5 rings (SSSR count). The number of nitrogen functional groups attached to an aromatic ring is 1. The molecule has 1 saturated heterocycles. The van der Waals surface area contributed by atoms with Crippen molar-refractivity contribution >= 4 is 50.6 Å². The van der Waals surface area contributed by atoms with E-state index in [0.717, 1.165) is 21.8 Å². The standard InChI is InChI=1S/C38H48ClN7O5S2/c1-25(2)21-45(53(50,51)29-13-14-30(39)31(40)19-29)23-33(47)32(18-26-10-7-6-8-11-26)43-35(48)34(38(3,4)5)46-17-16-44(37(46)49)22-28-24-52-36(42-28)27-12-9-15-41-20-27/h6-15,19-20,24-25,32-34,47H,16-18,21-23,40H2,1-5H3,(H,43,48)/t32-,33+,34?/m0/s1. The summed E-state index contributed by atoms with van der Waals surface area (Å²) in [5.41, 5.74) is 7.87. The first kappa shape index (κ1) is 40.1. The van der Waals surface area contributed by atoms with Gasteiger partial charge >= 0.3 is 6.03 Å². The molecule has 284 valence electrons. The number of aliphatic hydroxyl groups is 1. The van der Waals surface area contributed by atoms with Crippen LogP contribution in [0.1, 0.15) is 45.9 Å². The Balaban J connectivity index is 1.37. The Morgan fingerprint density at radius 3 is 2.47 bits per heavy atom. The van der Waals surface area contributed by atoms with Crippen LogP contribution < -0.4 is 11.1 Å². The molecular formula is C38H48ClN7O5S2. The average molecular weight is 782 g/mol. The summed E-state index contributed by atoms with van der Waals surface area (Å²) in [6, 6.07) is 15.2. The second kappa shape index (κ2) is 16.9. The molecule has 12 nitrogen and oxygen atoms in total. The van der Waals surface area contributed by atoms with Gasteiger partial charge in [-0.05, 0) is 53.6 Å². The Morgan fingerprint density at radius 1 is 1.09 bits per heavy atom. The van der Waals surface area contributed by atoms with E-state index in [2.05, 4.69) is 10.3 Å². The lowest BCUT2D eigenvalue weighted by Crippen LogP contribution is -2.59. The fourth-order valence-electron chi connectivity index (χ4n) is 6.45. The number of urea groups is 1. The van der Waals surface area contributed by atoms with Crippen LogP contribution in [-0.4, -0.2) is 93.9 Å². The molecule has 1 unspecified atom stereocenters. The third-order valence-corrected chi connectivity index (χ3v) is 12.1.